The van der Waals surface area contributed by atoms with Crippen molar-refractivity contribution in [3.05, 3.63) is 53.6 Å². The molecule has 0 aliphatic carbocycles. The Morgan fingerprint density at radius 1 is 1.03 bits per heavy atom. The van der Waals surface area contributed by atoms with Gasteiger partial charge in [0.15, 0.2) is 17.3 Å². The smallest absolute Gasteiger partial charge is 0.220 e. The number of likely N-dealkylation sites (tertiary alicyclic amines) is 1. The molecule has 0 spiro atoms. The minimum Gasteiger partial charge on any atom is -0.497 e. The summed E-state index contributed by atoms with van der Waals surface area (Å²) in [5, 5.41) is 14.5. The highest BCUT2D eigenvalue weighted by atomic mass is 16.6. The van der Waals surface area contributed by atoms with Crippen LogP contribution in [0.2, 0.25) is 0 Å². The number of hydrogen-bond acceptors (Lipinski definition) is 7. The second-order valence-electron chi connectivity index (χ2n) is 11.1. The van der Waals surface area contributed by atoms with E-state index in [9.17, 15) is 14.7 Å². The number of Topliss-reactive ketones (excluding diaryl/α,β-unsaturated/α-hetero) is 1. The number of nitrogens with one attached hydrogen (secondary N) is 1. The van der Waals surface area contributed by atoms with E-state index in [4.69, 9.17) is 14.2 Å². The highest BCUT2D eigenvalue weighted by molar-refractivity contribution is 5.96. The van der Waals surface area contributed by atoms with Crippen molar-refractivity contribution in [2.24, 2.45) is 0 Å². The minimum atomic E-state index is -0.886. The Balaban J connectivity index is 1.30. The number of carbonyl (C=O) groups is 2. The summed E-state index contributed by atoms with van der Waals surface area (Å²) in [6, 6.07) is 12.1. The summed E-state index contributed by atoms with van der Waals surface area (Å²) < 4.78 is 16.5. The fourth-order valence-corrected chi connectivity index (χ4v) is 5.39. The van der Waals surface area contributed by atoms with E-state index >= 15 is 0 Å². The Labute approximate surface area is 231 Å². The zero-order valence-electron chi connectivity index (χ0n) is 23.4. The molecule has 2 aromatic rings. The number of aliphatic hydroxyl groups is 1. The van der Waals surface area contributed by atoms with E-state index in [1.807, 2.05) is 18.2 Å². The number of amides is 1. The monoisotopic (exact) mass is 538 g/mol. The van der Waals surface area contributed by atoms with E-state index < -0.39 is 12.1 Å². The summed E-state index contributed by atoms with van der Waals surface area (Å²) in [5.74, 6) is 2.02. The number of methoxy groups -OCH3 is 1. The zero-order valence-corrected chi connectivity index (χ0v) is 23.4. The molecule has 2 aliphatic rings. The van der Waals surface area contributed by atoms with Crippen LogP contribution in [0.25, 0.3) is 0 Å². The molecular formula is C31H42N2O6. The summed E-state index contributed by atoms with van der Waals surface area (Å²) in [4.78, 5) is 27.8. The Bertz CT molecular complexity index is 1120. The second-order valence-corrected chi connectivity index (χ2v) is 11.1. The molecule has 8 heteroatoms. The molecular weight excluding hydrogens is 496 g/mol. The van der Waals surface area contributed by atoms with Crippen LogP contribution >= 0.6 is 0 Å². The van der Waals surface area contributed by atoms with Gasteiger partial charge in [0.1, 0.15) is 25.1 Å². The molecule has 1 unspecified atom stereocenters. The van der Waals surface area contributed by atoms with Gasteiger partial charge in [0.25, 0.3) is 0 Å². The van der Waals surface area contributed by atoms with Gasteiger partial charge < -0.3 is 24.6 Å². The third-order valence-corrected chi connectivity index (χ3v) is 7.84. The number of carbonyl (C=O) groups excluding carboxylic acids is 2. The molecule has 2 aliphatic heterocycles. The van der Waals surface area contributed by atoms with Crippen molar-refractivity contribution in [3.63, 3.8) is 0 Å². The minimum absolute atomic E-state index is 0.0198. The summed E-state index contributed by atoms with van der Waals surface area (Å²) in [6.45, 7) is 6.90. The van der Waals surface area contributed by atoms with E-state index in [0.29, 0.717) is 61.6 Å². The van der Waals surface area contributed by atoms with E-state index in [1.54, 1.807) is 31.4 Å². The van der Waals surface area contributed by atoms with E-state index in [2.05, 4.69) is 24.1 Å². The summed E-state index contributed by atoms with van der Waals surface area (Å²) in [7, 11) is 1.60. The molecule has 2 heterocycles. The zero-order chi connectivity index (χ0) is 27.8. The van der Waals surface area contributed by atoms with Crippen molar-refractivity contribution in [2.45, 2.75) is 76.5 Å². The molecule has 39 heavy (non-hydrogen) atoms. The van der Waals surface area contributed by atoms with Crippen LogP contribution in [0.3, 0.4) is 0 Å². The van der Waals surface area contributed by atoms with E-state index in [-0.39, 0.29) is 17.2 Å². The van der Waals surface area contributed by atoms with Crippen LogP contribution in [-0.2, 0) is 4.79 Å². The van der Waals surface area contributed by atoms with Crippen LogP contribution in [0, 0.1) is 0 Å². The topological polar surface area (TPSA) is 97.3 Å². The lowest BCUT2D eigenvalue weighted by atomic mass is 9.97. The number of hydrogen-bond donors (Lipinski definition) is 2. The quantitative estimate of drug-likeness (QED) is 0.282. The van der Waals surface area contributed by atoms with Crippen LogP contribution in [-0.4, -0.2) is 66.7 Å². The van der Waals surface area contributed by atoms with Crippen LogP contribution in [0.15, 0.2) is 42.5 Å². The number of unbranched alkanes of at least 4 members (excludes halogenated alkanes) is 2. The van der Waals surface area contributed by atoms with Crippen LogP contribution in [0.4, 0.5) is 0 Å². The molecule has 2 N–H and O–H groups in total. The summed E-state index contributed by atoms with van der Waals surface area (Å²) in [6.07, 6.45) is 4.29. The van der Waals surface area contributed by atoms with Gasteiger partial charge in [0, 0.05) is 30.5 Å². The standard InChI is InChI=1S/C31H42N2O6/c1-31(2)16-7-17-33(31)21-25(30(36)23-12-15-27-28(20-23)39-19-18-38-27)32-29(35)9-6-4-5-8-26(34)22-10-13-24(37-3)14-11-22/h10-15,20,25,30,36H,4-9,16-19,21H2,1-3H3,(H,32,35)/t25?,30-/m1/s1. The number of rotatable bonds is 13. The first-order valence-corrected chi connectivity index (χ1v) is 14.1. The average Bonchev–Trinajstić information content (AvgIpc) is 3.28. The molecule has 0 aromatic heterocycles. The van der Waals surface area contributed by atoms with Crippen LogP contribution in [0.1, 0.15) is 80.8 Å². The highest BCUT2D eigenvalue weighted by Gasteiger charge is 2.36. The summed E-state index contributed by atoms with van der Waals surface area (Å²) >= 11 is 0. The van der Waals surface area contributed by atoms with Gasteiger partial charge in [0.05, 0.1) is 13.2 Å². The number of nitrogens with zero attached hydrogens (tertiary/aromatic N) is 1. The SMILES string of the molecule is COc1ccc(C(=O)CCCCCC(=O)NC(CN2CCCC2(C)C)[C@H](O)c2ccc3c(c2)OCCO3)cc1. The number of benzene rings is 2. The predicted molar refractivity (Wildman–Crippen MR) is 150 cm³/mol. The normalized spacial score (nSPS) is 17.8. The van der Waals surface area contributed by atoms with Crippen molar-refractivity contribution in [2.75, 3.05) is 33.4 Å². The van der Waals surface area contributed by atoms with Gasteiger partial charge in [-0.1, -0.05) is 12.5 Å². The van der Waals surface area contributed by atoms with Crippen molar-refractivity contribution >= 4 is 11.7 Å². The van der Waals surface area contributed by atoms with Crippen LogP contribution < -0.4 is 19.5 Å². The van der Waals surface area contributed by atoms with Gasteiger partial charge in [-0.3, -0.25) is 14.5 Å². The van der Waals surface area contributed by atoms with E-state index in [0.717, 1.165) is 38.0 Å². The summed E-state index contributed by atoms with van der Waals surface area (Å²) in [5.41, 5.74) is 1.39. The van der Waals surface area contributed by atoms with E-state index in [1.165, 1.54) is 0 Å². The first-order valence-electron chi connectivity index (χ1n) is 14.1. The average molecular weight is 539 g/mol. The van der Waals surface area contributed by atoms with Gasteiger partial charge >= 0.3 is 0 Å². The third kappa shape index (κ3) is 7.73. The lowest BCUT2D eigenvalue weighted by molar-refractivity contribution is -0.123. The van der Waals surface area contributed by atoms with Crippen molar-refractivity contribution in [1.82, 2.24) is 10.2 Å². The Morgan fingerprint density at radius 3 is 2.44 bits per heavy atom. The van der Waals surface area contributed by atoms with Gasteiger partial charge in [-0.15, -0.1) is 0 Å². The van der Waals surface area contributed by atoms with Crippen molar-refractivity contribution in [1.29, 1.82) is 0 Å². The molecule has 0 bridgehead atoms. The van der Waals surface area contributed by atoms with Gasteiger partial charge in [0.2, 0.25) is 5.91 Å². The molecule has 1 saturated heterocycles. The first kappa shape index (κ1) is 28.9. The maximum atomic E-state index is 13.0. The molecule has 0 saturated carbocycles. The molecule has 8 nitrogen and oxygen atoms in total. The third-order valence-electron chi connectivity index (χ3n) is 7.84. The largest absolute Gasteiger partial charge is 0.497 e. The molecule has 0 radical (unpaired) electrons. The number of fused-ring (bicyclic) bond motifs is 1. The molecule has 4 rings (SSSR count). The van der Waals surface area contributed by atoms with Crippen LogP contribution in [0.5, 0.6) is 17.2 Å². The van der Waals surface area contributed by atoms with Crippen molar-refractivity contribution < 1.29 is 28.9 Å². The highest BCUT2D eigenvalue weighted by Crippen LogP contribution is 2.35. The van der Waals surface area contributed by atoms with Gasteiger partial charge in [-0.25, -0.2) is 0 Å². The predicted octanol–water partition coefficient (Wildman–Crippen LogP) is 4.69. The molecule has 1 amide bonds. The fraction of sp³-hybridized carbons (Fsp3) is 0.548. The van der Waals surface area contributed by atoms with Gasteiger partial charge in [-0.2, -0.15) is 0 Å². The van der Waals surface area contributed by atoms with Crippen molar-refractivity contribution in [3.8, 4) is 17.2 Å². The second kappa shape index (κ2) is 13.3. The molecule has 1 fully saturated rings. The maximum Gasteiger partial charge on any atom is 0.220 e. The number of aliphatic hydroxyl groups excluding tert-OH is 1. The Morgan fingerprint density at radius 2 is 1.74 bits per heavy atom. The Kier molecular flexibility index (Phi) is 9.86. The lowest BCUT2D eigenvalue weighted by Gasteiger charge is -2.36. The first-order chi connectivity index (χ1) is 18.8. The fourth-order valence-electron chi connectivity index (χ4n) is 5.39. The number of ether oxygens (including phenoxy) is 3. The molecule has 212 valence electrons. The molecule has 2 atom stereocenters. The van der Waals surface area contributed by atoms with Gasteiger partial charge in [-0.05, 0) is 88.0 Å². The molecule has 2 aromatic carbocycles. The Hall–Kier alpha value is -3.10. The lowest BCUT2D eigenvalue weighted by Crippen LogP contribution is -2.51. The number of ketones is 1. The maximum absolute atomic E-state index is 13.0.